The van der Waals surface area contributed by atoms with Crippen LogP contribution in [0.25, 0.3) is 11.3 Å². The van der Waals surface area contributed by atoms with E-state index in [0.29, 0.717) is 41.8 Å². The van der Waals surface area contributed by atoms with Crippen LogP contribution in [0.5, 0.6) is 0 Å². The van der Waals surface area contributed by atoms with Gasteiger partial charge in [-0.15, -0.1) is 11.3 Å². The number of nitrogens with one attached hydrogen (secondary N) is 2. The van der Waals surface area contributed by atoms with E-state index >= 15 is 0 Å². The Bertz CT molecular complexity index is 1550. The molecular weight excluding hydrogens is 534 g/mol. The van der Waals surface area contributed by atoms with Crippen LogP contribution in [0, 0.1) is 17.7 Å². The second-order valence-electron chi connectivity index (χ2n) is 10.5. The molecule has 5 rings (SSSR count). The number of aromatic nitrogens is 3. The van der Waals surface area contributed by atoms with Crippen molar-refractivity contribution in [3.05, 3.63) is 99.9 Å². The molecule has 210 valence electrons. The van der Waals surface area contributed by atoms with E-state index in [0.717, 1.165) is 29.1 Å². The van der Waals surface area contributed by atoms with Crippen molar-refractivity contribution >= 4 is 29.0 Å². The van der Waals surface area contributed by atoms with E-state index in [1.807, 2.05) is 47.5 Å². The van der Waals surface area contributed by atoms with Gasteiger partial charge in [-0.05, 0) is 63.3 Å². The zero-order chi connectivity index (χ0) is 29.0. The van der Waals surface area contributed by atoms with Crippen LogP contribution in [-0.4, -0.2) is 49.6 Å². The van der Waals surface area contributed by atoms with Crippen molar-refractivity contribution in [2.24, 2.45) is 5.73 Å². The van der Waals surface area contributed by atoms with E-state index in [2.05, 4.69) is 15.0 Å². The lowest BCUT2D eigenvalue weighted by molar-refractivity contribution is 0.0735. The molecule has 0 unspecified atom stereocenters. The highest BCUT2D eigenvalue weighted by molar-refractivity contribution is 7.09. The summed E-state index contributed by atoms with van der Waals surface area (Å²) in [6, 6.07) is 14.9. The van der Waals surface area contributed by atoms with Crippen molar-refractivity contribution in [2.75, 3.05) is 6.54 Å². The third-order valence-corrected chi connectivity index (χ3v) is 8.30. The molecule has 4 aromatic rings. The Labute approximate surface area is 243 Å². The third-order valence-electron chi connectivity index (χ3n) is 7.24. The van der Waals surface area contributed by atoms with Crippen LogP contribution in [0.3, 0.4) is 0 Å². The van der Waals surface area contributed by atoms with E-state index < -0.39 is 5.54 Å². The van der Waals surface area contributed by atoms with Crippen molar-refractivity contribution in [2.45, 2.75) is 51.1 Å². The summed E-state index contributed by atoms with van der Waals surface area (Å²) in [7, 11) is 0. The van der Waals surface area contributed by atoms with E-state index in [9.17, 15) is 4.79 Å². The fraction of sp³-hybridized carbons (Fsp3) is 0.290. The van der Waals surface area contributed by atoms with Gasteiger partial charge in [0.1, 0.15) is 5.01 Å². The van der Waals surface area contributed by atoms with Gasteiger partial charge in [-0.2, -0.15) is 0 Å². The predicted octanol–water partition coefficient (Wildman–Crippen LogP) is 5.56. The lowest BCUT2D eigenvalue weighted by Gasteiger charge is -2.26. The minimum Gasteiger partial charge on any atom is -0.423 e. The van der Waals surface area contributed by atoms with Gasteiger partial charge in [-0.3, -0.25) is 25.6 Å². The normalized spacial score (nSPS) is 16.3. The van der Waals surface area contributed by atoms with Gasteiger partial charge >= 0.3 is 0 Å². The Kier molecular flexibility index (Phi) is 8.32. The molecule has 0 radical (unpaired) electrons. The number of hydrogen-bond donors (Lipinski definition) is 3. The number of ether oxygens (including phenoxy) is 1. The van der Waals surface area contributed by atoms with E-state index in [-0.39, 0.29) is 23.7 Å². The monoisotopic (exact) mass is 567 g/mol. The van der Waals surface area contributed by atoms with Gasteiger partial charge in [-0.25, -0.2) is 4.98 Å². The second kappa shape index (κ2) is 12.1. The highest BCUT2D eigenvalue weighted by Gasteiger charge is 2.33. The first-order valence-electron chi connectivity index (χ1n) is 13.5. The maximum Gasteiger partial charge on any atom is 0.254 e. The van der Waals surface area contributed by atoms with Crippen molar-refractivity contribution < 1.29 is 9.53 Å². The summed E-state index contributed by atoms with van der Waals surface area (Å²) in [5, 5.41) is 20.2. The molecule has 1 aliphatic heterocycles. The van der Waals surface area contributed by atoms with Gasteiger partial charge in [0, 0.05) is 46.7 Å². The summed E-state index contributed by atoms with van der Waals surface area (Å²) in [5.41, 5.74) is 9.37. The summed E-state index contributed by atoms with van der Waals surface area (Å²) in [4.78, 5) is 28.9. The van der Waals surface area contributed by atoms with Crippen LogP contribution in [0.1, 0.15) is 64.4 Å². The SMILES string of the molecule is Cc1csc([C@H]2CCCN2C(=O)c2cc(C(=N)OC(=N)[C@](C)(N)CCc3ccccc3)cc(-c3cnccn3)c2)n1. The molecular formula is C31H33N7O2S. The number of hydrogen-bond acceptors (Lipinski definition) is 9. The molecule has 1 fully saturated rings. The van der Waals surface area contributed by atoms with E-state index in [4.69, 9.17) is 21.3 Å². The smallest absolute Gasteiger partial charge is 0.254 e. The van der Waals surface area contributed by atoms with Crippen molar-refractivity contribution in [3.63, 3.8) is 0 Å². The number of carbonyl (C=O) groups excluding carboxylic acids is 1. The Morgan fingerprint density at radius 2 is 1.95 bits per heavy atom. The van der Waals surface area contributed by atoms with Gasteiger partial charge in [-0.1, -0.05) is 30.3 Å². The summed E-state index contributed by atoms with van der Waals surface area (Å²) in [6.07, 6.45) is 7.65. The molecule has 41 heavy (non-hydrogen) atoms. The number of rotatable bonds is 8. The number of nitrogens with zero attached hydrogens (tertiary/aromatic N) is 4. The van der Waals surface area contributed by atoms with Crippen LogP contribution in [0.15, 0.2) is 72.5 Å². The number of amides is 1. The topological polar surface area (TPSA) is 142 Å². The lowest BCUT2D eigenvalue weighted by Crippen LogP contribution is -2.46. The minimum atomic E-state index is -1.09. The minimum absolute atomic E-state index is 0.0868. The Balaban J connectivity index is 1.40. The molecule has 0 aliphatic carbocycles. The van der Waals surface area contributed by atoms with Crippen LogP contribution < -0.4 is 5.73 Å². The molecule has 1 aliphatic rings. The Morgan fingerprint density at radius 1 is 1.17 bits per heavy atom. The molecule has 2 atom stereocenters. The largest absolute Gasteiger partial charge is 0.423 e. The maximum absolute atomic E-state index is 13.9. The first kappa shape index (κ1) is 28.3. The molecule has 0 saturated carbocycles. The summed E-state index contributed by atoms with van der Waals surface area (Å²) >= 11 is 1.57. The molecule has 1 saturated heterocycles. The molecule has 4 N–H and O–H groups in total. The second-order valence-corrected chi connectivity index (χ2v) is 11.4. The number of carbonyl (C=O) groups is 1. The summed E-state index contributed by atoms with van der Waals surface area (Å²) in [6.45, 7) is 4.30. The van der Waals surface area contributed by atoms with Crippen LogP contribution in [0.2, 0.25) is 0 Å². The molecule has 9 nitrogen and oxygen atoms in total. The fourth-order valence-electron chi connectivity index (χ4n) is 4.88. The number of nitrogens with two attached hydrogens (primary N) is 1. The molecule has 0 spiro atoms. The number of benzene rings is 2. The molecule has 2 aromatic heterocycles. The van der Waals surface area contributed by atoms with Crippen molar-refractivity contribution in [1.82, 2.24) is 19.9 Å². The first-order valence-corrected chi connectivity index (χ1v) is 14.4. The number of likely N-dealkylation sites (tertiary alicyclic amines) is 1. The van der Waals surface area contributed by atoms with E-state index in [1.165, 1.54) is 0 Å². The highest BCUT2D eigenvalue weighted by atomic mass is 32.1. The highest BCUT2D eigenvalue weighted by Crippen LogP contribution is 2.35. The van der Waals surface area contributed by atoms with Crippen LogP contribution in [0.4, 0.5) is 0 Å². The van der Waals surface area contributed by atoms with Gasteiger partial charge in [0.2, 0.25) is 11.8 Å². The number of thiazole rings is 1. The van der Waals surface area contributed by atoms with Gasteiger partial charge < -0.3 is 15.4 Å². The lowest BCUT2D eigenvalue weighted by atomic mass is 9.94. The number of aryl methyl sites for hydroxylation is 2. The standard InChI is InChI=1S/C31H33N7O2S/c1-20-19-41-28(37-20)26-9-6-14-38(26)29(39)24-16-22(25-18-35-12-13-36-25)15-23(17-24)27(32)40-30(33)31(2,34)11-10-21-7-4-3-5-8-21/h3-5,7-8,12-13,15-19,26,32-33H,6,9-11,14,34H2,1-2H3/t26-,31-/m1/s1. The zero-order valence-electron chi connectivity index (χ0n) is 23.1. The molecule has 3 heterocycles. The Morgan fingerprint density at radius 3 is 2.66 bits per heavy atom. The molecule has 0 bridgehead atoms. The maximum atomic E-state index is 13.9. The van der Waals surface area contributed by atoms with Crippen LogP contribution >= 0.6 is 11.3 Å². The average molecular weight is 568 g/mol. The van der Waals surface area contributed by atoms with Crippen molar-refractivity contribution in [3.8, 4) is 11.3 Å². The zero-order valence-corrected chi connectivity index (χ0v) is 23.9. The predicted molar refractivity (Wildman–Crippen MR) is 160 cm³/mol. The molecule has 10 heteroatoms. The third kappa shape index (κ3) is 6.55. The van der Waals surface area contributed by atoms with Crippen molar-refractivity contribution in [1.29, 1.82) is 10.8 Å². The quantitative estimate of drug-likeness (QED) is 0.188. The summed E-state index contributed by atoms with van der Waals surface area (Å²) < 4.78 is 5.71. The van der Waals surface area contributed by atoms with E-state index in [1.54, 1.807) is 55.1 Å². The van der Waals surface area contributed by atoms with Gasteiger partial charge in [0.05, 0.1) is 23.5 Å². The fourth-order valence-corrected chi connectivity index (χ4v) is 5.82. The summed E-state index contributed by atoms with van der Waals surface area (Å²) in [5.74, 6) is -0.628. The Hall–Kier alpha value is -4.28. The average Bonchev–Trinajstić information content (AvgIpc) is 3.65. The molecule has 2 aromatic carbocycles. The van der Waals surface area contributed by atoms with Gasteiger partial charge in [0.25, 0.3) is 5.91 Å². The van der Waals surface area contributed by atoms with Gasteiger partial charge in [0.15, 0.2) is 0 Å². The molecule has 1 amide bonds. The van der Waals surface area contributed by atoms with Crippen LogP contribution in [-0.2, 0) is 11.2 Å². The first-order chi connectivity index (χ1) is 19.7.